The minimum Gasteiger partial charge on any atom is -0.269 e. The molecule has 0 fully saturated rings. The third-order valence-corrected chi connectivity index (χ3v) is 0.738. The fraction of sp³-hybridized carbons (Fsp3) is 0.800. The molecule has 0 saturated carbocycles. The molecule has 0 bridgehead atoms. The Morgan fingerprint density at radius 3 is 1.18 bits per heavy atom. The molecule has 0 aliphatic heterocycles. The van der Waals surface area contributed by atoms with Crippen molar-refractivity contribution in [2.45, 2.75) is 0 Å². The maximum atomic E-state index is 12.4. The number of hydrogen-bond donors (Lipinski definition) is 0. The minimum absolute atomic E-state index is 0. The van der Waals surface area contributed by atoms with Crippen molar-refractivity contribution >= 4 is 13.9 Å². The molecule has 0 heterocycles. The second-order valence-corrected chi connectivity index (χ2v) is 4.93. The summed E-state index contributed by atoms with van der Waals surface area (Å²) in [5, 5.41) is 0. The van der Waals surface area contributed by atoms with Gasteiger partial charge in [-0.3, -0.25) is 9.42 Å². The van der Waals surface area contributed by atoms with Gasteiger partial charge in [-0.25, -0.2) is 9.48 Å². The minimum atomic E-state index is -10.7. The number of hydrogen-bond acceptors (Lipinski definition) is 0. The molecule has 0 radical (unpaired) electrons. The summed E-state index contributed by atoms with van der Waals surface area (Å²) in [7, 11) is -4.01. The molecule has 0 atom stereocenters. The van der Waals surface area contributed by atoms with E-state index in [1.54, 1.807) is 28.2 Å². The Kier molecular flexibility index (Phi) is 7.28. The predicted molar refractivity (Wildman–Crippen MR) is 50.5 cm³/mol. The first kappa shape index (κ1) is 21.5. The van der Waals surface area contributed by atoms with E-state index in [0.717, 1.165) is 0 Å². The summed E-state index contributed by atoms with van der Waals surface area (Å²) in [5.41, 5.74) is 0. The summed E-state index contributed by atoms with van der Waals surface area (Å²) >= 11 is 0. The summed E-state index contributed by atoms with van der Waals surface area (Å²) in [6.45, 7) is 0. The SMILES string of the molecule is CN(C)C(F)=[N+](C)C.F.F[P-](F)(F)(F)(F)F.[3H]F. The summed E-state index contributed by atoms with van der Waals surface area (Å²) in [4.78, 5) is 1.42. The van der Waals surface area contributed by atoms with E-state index in [-0.39, 0.29) is 10.8 Å². The van der Waals surface area contributed by atoms with Crippen molar-refractivity contribution in [1.29, 1.82) is 1.45 Å². The van der Waals surface area contributed by atoms with Gasteiger partial charge in [0.25, 0.3) is 1.45 Å². The number of halogens is 9. The van der Waals surface area contributed by atoms with Gasteiger partial charge in [0.2, 0.25) is 0 Å². The molecule has 0 aliphatic carbocycles. The van der Waals surface area contributed by atoms with Crippen molar-refractivity contribution in [2.24, 2.45) is 0 Å². The van der Waals surface area contributed by atoms with Gasteiger partial charge in [-0.2, -0.15) is 0 Å². The quantitative estimate of drug-likeness (QED) is 0.165. The Morgan fingerprint density at radius 2 is 1.18 bits per heavy atom. The Balaban J connectivity index is -0.0000000916. The average Bonchev–Trinajstić information content (AvgIpc) is 2.00. The fourth-order valence-corrected chi connectivity index (χ4v) is 0.400. The van der Waals surface area contributed by atoms with Gasteiger partial charge in [0.05, 0.1) is 28.2 Å². The van der Waals surface area contributed by atoms with Gasteiger partial charge >= 0.3 is 39.1 Å². The zero-order valence-electron chi connectivity index (χ0n) is 10.3. The van der Waals surface area contributed by atoms with Crippen LogP contribution in [0.3, 0.4) is 0 Å². The molecule has 0 spiro atoms. The van der Waals surface area contributed by atoms with Crippen LogP contribution in [0.5, 0.6) is 0 Å². The summed E-state index contributed by atoms with van der Waals surface area (Å²) < 4.78 is 86.0. The van der Waals surface area contributed by atoms with Crippen molar-refractivity contribution in [1.82, 2.24) is 4.90 Å². The molecule has 0 N–H and O–H groups in total. The first-order valence-corrected chi connectivity index (χ1v) is 5.47. The normalized spacial score (nSPS) is 14.0. The summed E-state index contributed by atoms with van der Waals surface area (Å²) in [5.74, 6) is 0. The third kappa shape index (κ3) is 50.9. The van der Waals surface area contributed by atoms with Crippen LogP contribution < -0.4 is 0 Å². The monoisotopic (exact) mass is 306 g/mol. The standard InChI is InChI=1S/C5H12FN2.F6P.2FH/c1-7(2)5(6)8(3)4;1-7(2,3,4,5)6;;/h1-4H3;;2*1H/q+1;-1;;/i/hT. The molecule has 0 amide bonds. The number of rotatable bonds is 0. The van der Waals surface area contributed by atoms with E-state index in [1.807, 2.05) is 0 Å². The Bertz CT molecular complexity index is 242. The Hall–Kier alpha value is -0.730. The largest absolute Gasteiger partial charge is 0.269 e. The van der Waals surface area contributed by atoms with Gasteiger partial charge in [-0.05, 0) is 0 Å². The fourth-order valence-electron chi connectivity index (χ4n) is 0.400. The molecule has 0 unspecified atom stereocenters. The molecular weight excluding hydrogens is 290 g/mol. The van der Waals surface area contributed by atoms with E-state index < -0.39 is 7.81 Å². The van der Waals surface area contributed by atoms with E-state index in [9.17, 15) is 29.6 Å². The van der Waals surface area contributed by atoms with E-state index in [0.29, 0.717) is 0 Å². The Labute approximate surface area is 93.2 Å². The van der Waals surface area contributed by atoms with Crippen LogP contribution in [0.25, 0.3) is 0 Å². The number of amidine groups is 1. The van der Waals surface area contributed by atoms with Crippen LogP contribution in [0, 0.1) is 0 Å². The second kappa shape index (κ2) is 5.74. The maximum absolute atomic E-state index is 12.4. The Morgan fingerprint density at radius 1 is 1.00 bits per heavy atom. The molecule has 12 heteroatoms. The van der Waals surface area contributed by atoms with Gasteiger partial charge in [0, 0.05) is 0 Å². The molecule has 0 aliphatic rings. The van der Waals surface area contributed by atoms with Crippen molar-refractivity contribution in [3.8, 4) is 0 Å². The van der Waals surface area contributed by atoms with Crippen LogP contribution in [0.1, 0.15) is 0 Å². The zero-order valence-corrected chi connectivity index (χ0v) is 10.2. The van der Waals surface area contributed by atoms with Crippen molar-refractivity contribution in [3.63, 3.8) is 0 Å². The van der Waals surface area contributed by atoms with Gasteiger partial charge in [-0.1, -0.05) is 0 Å². The van der Waals surface area contributed by atoms with Crippen LogP contribution in [0.15, 0.2) is 0 Å². The first-order valence-electron chi connectivity index (χ1n) is 3.82. The van der Waals surface area contributed by atoms with Crippen LogP contribution in [-0.2, 0) is 0 Å². The second-order valence-electron chi connectivity index (χ2n) is 3.02. The van der Waals surface area contributed by atoms with Gasteiger partial charge in [-0.15, -0.1) is 4.39 Å². The maximum Gasteiger partial charge on any atom is 0.269 e. The summed E-state index contributed by atoms with van der Waals surface area (Å²) in [6, 6.07) is 0. The average molecular weight is 306 g/mol. The van der Waals surface area contributed by atoms with E-state index >= 15 is 0 Å². The van der Waals surface area contributed by atoms with Crippen molar-refractivity contribution < 1.29 is 43.6 Å². The molecule has 0 saturated heterocycles. The van der Waals surface area contributed by atoms with Gasteiger partial charge in [0.15, 0.2) is 0 Å². The third-order valence-electron chi connectivity index (χ3n) is 0.738. The molecule has 17 heavy (non-hydrogen) atoms. The van der Waals surface area contributed by atoms with Crippen molar-refractivity contribution in [2.75, 3.05) is 28.2 Å². The number of nitrogens with zero attached hydrogens (tertiary/aromatic N) is 2. The van der Waals surface area contributed by atoms with Gasteiger partial charge < -0.3 is 0 Å². The van der Waals surface area contributed by atoms with Crippen LogP contribution in [0.2, 0.25) is 0 Å². The van der Waals surface area contributed by atoms with Crippen molar-refractivity contribution in [3.05, 3.63) is 0 Å². The smallest absolute Gasteiger partial charge is 0.269 e. The van der Waals surface area contributed by atoms with Crippen LogP contribution in [0.4, 0.5) is 39.0 Å². The first-order chi connectivity index (χ1) is 7.00. The van der Waals surface area contributed by atoms with Crippen LogP contribution >= 0.6 is 7.81 Å². The molecule has 0 aromatic rings. The molecule has 0 aromatic heterocycles. The zero-order chi connectivity index (χ0) is 15.1. The van der Waals surface area contributed by atoms with Crippen LogP contribution in [-0.4, -0.2) is 45.2 Å². The molecular formula is C5H14F9N2P. The summed E-state index contributed by atoms with van der Waals surface area (Å²) in [6.07, 6.45) is -0.231. The molecule has 112 valence electrons. The molecule has 0 aromatic carbocycles. The molecule has 0 rings (SSSR count). The van der Waals surface area contributed by atoms with E-state index in [4.69, 9.17) is 4.72 Å². The predicted octanol–water partition coefficient (Wildman–Crippen LogP) is 3.83. The van der Waals surface area contributed by atoms with Gasteiger partial charge in [0.1, 0.15) is 0 Å². The van der Waals surface area contributed by atoms with E-state index in [2.05, 4.69) is 1.45 Å². The van der Waals surface area contributed by atoms with E-state index in [1.165, 1.54) is 9.48 Å². The topological polar surface area (TPSA) is 6.25 Å². The molecule has 2 nitrogen and oxygen atoms in total.